The number of hydrogen-bond acceptors (Lipinski definition) is 4. The van der Waals surface area contributed by atoms with Crippen LogP contribution in [0.1, 0.15) is 11.1 Å². The van der Waals surface area contributed by atoms with Crippen molar-refractivity contribution in [3.8, 4) is 11.8 Å². The first-order valence-corrected chi connectivity index (χ1v) is 8.53. The molecule has 120 valence electrons. The van der Waals surface area contributed by atoms with Gasteiger partial charge in [0.05, 0.1) is 16.5 Å². The molecule has 0 aliphatic rings. The lowest BCUT2D eigenvalue weighted by atomic mass is 10.2. The van der Waals surface area contributed by atoms with Gasteiger partial charge >= 0.3 is 0 Å². The van der Waals surface area contributed by atoms with E-state index in [1.54, 1.807) is 12.1 Å². The molecule has 2 aromatic rings. The van der Waals surface area contributed by atoms with Crippen molar-refractivity contribution in [2.75, 3.05) is 20.2 Å². The molecule has 23 heavy (non-hydrogen) atoms. The summed E-state index contributed by atoms with van der Waals surface area (Å²) in [6.45, 7) is 2.43. The Bertz CT molecular complexity index is 826. The first-order valence-electron chi connectivity index (χ1n) is 7.09. The minimum atomic E-state index is -3.63. The molecule has 0 fully saturated rings. The van der Waals surface area contributed by atoms with Crippen molar-refractivity contribution in [2.45, 2.75) is 11.8 Å². The van der Waals surface area contributed by atoms with Gasteiger partial charge in [0, 0.05) is 13.6 Å². The zero-order valence-electron chi connectivity index (χ0n) is 13.1. The van der Waals surface area contributed by atoms with E-state index in [1.807, 2.05) is 37.3 Å². The standard InChI is InChI=1S/C17H18N2O3S/c1-14-5-3-7-16(11-14)22-10-9-19(2)23(20,21)17-8-4-6-15(12-17)13-18/h3-8,11-12H,9-10H2,1-2H3. The van der Waals surface area contributed by atoms with Gasteiger partial charge in [0.25, 0.3) is 0 Å². The van der Waals surface area contributed by atoms with Crippen molar-refractivity contribution in [1.29, 1.82) is 5.26 Å². The topological polar surface area (TPSA) is 70.4 Å². The number of sulfonamides is 1. The van der Waals surface area contributed by atoms with Crippen LogP contribution in [0.5, 0.6) is 5.75 Å². The van der Waals surface area contributed by atoms with Gasteiger partial charge in [-0.1, -0.05) is 18.2 Å². The SMILES string of the molecule is Cc1cccc(OCCN(C)S(=O)(=O)c2cccc(C#N)c2)c1. The highest BCUT2D eigenvalue weighted by Crippen LogP contribution is 2.16. The van der Waals surface area contributed by atoms with E-state index in [-0.39, 0.29) is 18.0 Å². The molecule has 2 rings (SSSR count). The quantitative estimate of drug-likeness (QED) is 0.816. The van der Waals surface area contributed by atoms with Crippen molar-refractivity contribution in [2.24, 2.45) is 0 Å². The fourth-order valence-electron chi connectivity index (χ4n) is 2.02. The van der Waals surface area contributed by atoms with E-state index < -0.39 is 10.0 Å². The summed E-state index contributed by atoms with van der Waals surface area (Å²) < 4.78 is 31.7. The number of rotatable bonds is 6. The van der Waals surface area contributed by atoms with Crippen LogP contribution in [0.2, 0.25) is 0 Å². The summed E-state index contributed by atoms with van der Waals surface area (Å²) in [6, 6.07) is 15.5. The summed E-state index contributed by atoms with van der Waals surface area (Å²) in [6.07, 6.45) is 0. The van der Waals surface area contributed by atoms with Gasteiger partial charge in [0.1, 0.15) is 12.4 Å². The fourth-order valence-corrected chi connectivity index (χ4v) is 3.22. The van der Waals surface area contributed by atoms with Crippen LogP contribution < -0.4 is 4.74 Å². The molecule has 0 unspecified atom stereocenters. The second-order valence-corrected chi connectivity index (χ2v) is 7.18. The third kappa shape index (κ3) is 4.31. The van der Waals surface area contributed by atoms with Gasteiger partial charge in [-0.15, -0.1) is 0 Å². The van der Waals surface area contributed by atoms with Gasteiger partial charge in [0.2, 0.25) is 10.0 Å². The Labute approximate surface area is 136 Å². The highest BCUT2D eigenvalue weighted by molar-refractivity contribution is 7.89. The molecule has 5 nitrogen and oxygen atoms in total. The van der Waals surface area contributed by atoms with Crippen molar-refractivity contribution < 1.29 is 13.2 Å². The number of hydrogen-bond donors (Lipinski definition) is 0. The van der Waals surface area contributed by atoms with E-state index in [1.165, 1.54) is 23.5 Å². The smallest absolute Gasteiger partial charge is 0.242 e. The molecular formula is C17H18N2O3S. The van der Waals surface area contributed by atoms with Crippen molar-refractivity contribution in [1.82, 2.24) is 4.31 Å². The number of likely N-dealkylation sites (N-methyl/N-ethyl adjacent to an activating group) is 1. The maximum atomic E-state index is 12.5. The normalized spacial score (nSPS) is 11.2. The summed E-state index contributed by atoms with van der Waals surface area (Å²) >= 11 is 0. The molecular weight excluding hydrogens is 312 g/mol. The Morgan fingerprint density at radius 3 is 2.61 bits per heavy atom. The molecule has 0 aliphatic heterocycles. The lowest BCUT2D eigenvalue weighted by molar-refractivity contribution is 0.286. The van der Waals surface area contributed by atoms with Crippen LogP contribution >= 0.6 is 0 Å². The van der Waals surface area contributed by atoms with E-state index in [0.29, 0.717) is 11.3 Å². The first kappa shape index (κ1) is 17.0. The molecule has 0 radical (unpaired) electrons. The molecule has 0 N–H and O–H groups in total. The summed E-state index contributed by atoms with van der Waals surface area (Å²) in [5, 5.41) is 8.88. The first-order chi connectivity index (χ1) is 10.9. The maximum Gasteiger partial charge on any atom is 0.242 e. The highest BCUT2D eigenvalue weighted by atomic mass is 32.2. The predicted octanol–water partition coefficient (Wildman–Crippen LogP) is 2.57. The van der Waals surface area contributed by atoms with Crippen LogP contribution in [0.4, 0.5) is 0 Å². The Morgan fingerprint density at radius 1 is 1.17 bits per heavy atom. The minimum absolute atomic E-state index is 0.106. The highest BCUT2D eigenvalue weighted by Gasteiger charge is 2.20. The van der Waals surface area contributed by atoms with E-state index >= 15 is 0 Å². The van der Waals surface area contributed by atoms with Crippen LogP contribution in [-0.4, -0.2) is 32.9 Å². The maximum absolute atomic E-state index is 12.5. The average molecular weight is 330 g/mol. The molecule has 0 saturated carbocycles. The van der Waals surface area contributed by atoms with E-state index in [0.717, 1.165) is 5.56 Å². The molecule has 0 bridgehead atoms. The third-order valence-corrected chi connectivity index (χ3v) is 5.19. The van der Waals surface area contributed by atoms with Crippen molar-refractivity contribution in [3.63, 3.8) is 0 Å². The molecule has 0 heterocycles. The summed E-state index contributed by atoms with van der Waals surface area (Å²) in [5.74, 6) is 0.710. The van der Waals surface area contributed by atoms with Crippen LogP contribution in [0.3, 0.4) is 0 Å². The second kappa shape index (κ2) is 7.27. The van der Waals surface area contributed by atoms with Gasteiger partial charge in [0.15, 0.2) is 0 Å². The van der Waals surface area contributed by atoms with Gasteiger partial charge in [-0.05, 0) is 42.8 Å². The van der Waals surface area contributed by atoms with Crippen LogP contribution in [0.25, 0.3) is 0 Å². The molecule has 2 aromatic carbocycles. The van der Waals surface area contributed by atoms with E-state index in [9.17, 15) is 8.42 Å². The molecule has 0 aromatic heterocycles. The van der Waals surface area contributed by atoms with Gasteiger partial charge in [-0.2, -0.15) is 9.57 Å². The molecule has 0 saturated heterocycles. The summed E-state index contributed by atoms with van der Waals surface area (Å²) in [4.78, 5) is 0.106. The Balaban J connectivity index is 2.01. The Morgan fingerprint density at radius 2 is 1.91 bits per heavy atom. The van der Waals surface area contributed by atoms with Gasteiger partial charge in [-0.3, -0.25) is 0 Å². The molecule has 0 aliphatic carbocycles. The van der Waals surface area contributed by atoms with Gasteiger partial charge in [-0.25, -0.2) is 8.42 Å². The van der Waals surface area contributed by atoms with Crippen LogP contribution in [0.15, 0.2) is 53.4 Å². The Hall–Kier alpha value is -2.36. The third-order valence-electron chi connectivity index (χ3n) is 3.34. The average Bonchev–Trinajstić information content (AvgIpc) is 2.55. The lowest BCUT2D eigenvalue weighted by Crippen LogP contribution is -2.31. The predicted molar refractivity (Wildman–Crippen MR) is 87.6 cm³/mol. The molecule has 0 amide bonds. The molecule has 0 spiro atoms. The zero-order chi connectivity index (χ0) is 16.9. The number of benzene rings is 2. The molecule has 0 atom stereocenters. The monoisotopic (exact) mass is 330 g/mol. The zero-order valence-corrected chi connectivity index (χ0v) is 13.9. The number of nitrogens with zero attached hydrogens (tertiary/aromatic N) is 2. The minimum Gasteiger partial charge on any atom is -0.492 e. The van der Waals surface area contributed by atoms with Crippen LogP contribution in [-0.2, 0) is 10.0 Å². The van der Waals surface area contributed by atoms with E-state index in [4.69, 9.17) is 10.00 Å². The largest absolute Gasteiger partial charge is 0.492 e. The van der Waals surface area contributed by atoms with E-state index in [2.05, 4.69) is 0 Å². The number of ether oxygens (including phenoxy) is 1. The lowest BCUT2D eigenvalue weighted by Gasteiger charge is -2.17. The van der Waals surface area contributed by atoms with Crippen molar-refractivity contribution in [3.05, 3.63) is 59.7 Å². The second-order valence-electron chi connectivity index (χ2n) is 5.13. The van der Waals surface area contributed by atoms with Crippen molar-refractivity contribution >= 4 is 10.0 Å². The number of aryl methyl sites for hydroxylation is 1. The number of nitriles is 1. The van der Waals surface area contributed by atoms with Gasteiger partial charge < -0.3 is 4.74 Å². The molecule has 6 heteroatoms. The summed E-state index contributed by atoms with van der Waals surface area (Å²) in [7, 11) is -2.14. The fraction of sp³-hybridized carbons (Fsp3) is 0.235. The van der Waals surface area contributed by atoms with Crippen LogP contribution in [0, 0.1) is 18.3 Å². The Kier molecular flexibility index (Phi) is 5.37. The summed E-state index contributed by atoms with van der Waals surface area (Å²) in [5.41, 5.74) is 1.40.